The number of hydrogen-bond acceptors (Lipinski definition) is 0. The Kier molecular flexibility index (Phi) is 15.9. The summed E-state index contributed by atoms with van der Waals surface area (Å²) < 4.78 is 8.33. The summed E-state index contributed by atoms with van der Waals surface area (Å²) in [6.07, 6.45) is 5.09. The number of fused-ring (bicyclic) bond motifs is 30. The normalized spacial score (nSPS) is 13.3. The van der Waals surface area contributed by atoms with E-state index in [9.17, 15) is 0 Å². The van der Waals surface area contributed by atoms with Crippen LogP contribution in [0.1, 0.15) is 94.2 Å². The molecule has 18 aromatic carbocycles. The highest BCUT2D eigenvalue weighted by Gasteiger charge is 2.39. The lowest BCUT2D eigenvalue weighted by molar-refractivity contribution is 0.659. The third-order valence-electron chi connectivity index (χ3n) is 25.1. The third kappa shape index (κ3) is 10.4. The standard InChI is InChI=1S/C51H34N2.C34H24.C18H12BrN.C5H12/c1-51(2)45-20-10-7-17-37(45)42-28-44-43-27-40-35-15-5-3-13-33(35)34-14-4-6-16-36(34)41(40)29-49(43)53(50(44)30-46(42)51)32-25-23-31(24-26-32)52-47-21-11-8-18-38(47)39-19-9-12-22-48(39)52;1-34(2)32-14-8-7-13-26(32)31-19-28-21(17-33(31)34)15-20-16-29-24-11-5-3-9-22(24)23-10-4-6-12-25(23)30(29)18-27(20)28;19-13-9-11-14(12-10-13)20-17-7-3-1-5-15(17)16-6-2-4-8-18(16)20;1-3-5-4-2/h3-30H,1-2H3;3-14,16-19H,15H2,1-2H3;1-12H;3-5H2,1-2H3. The van der Waals surface area contributed by atoms with Gasteiger partial charge in [0, 0.05) is 64.7 Å². The molecule has 0 bridgehead atoms. The maximum Gasteiger partial charge on any atom is 0.0547 e. The zero-order chi connectivity index (χ0) is 75.3. The zero-order valence-corrected chi connectivity index (χ0v) is 65.5. The number of hydrogen-bond donors (Lipinski definition) is 0. The molecule has 0 N–H and O–H groups in total. The van der Waals surface area contributed by atoms with E-state index in [2.05, 4.69) is 411 Å². The van der Waals surface area contributed by atoms with Crippen LogP contribution in [0.25, 0.3) is 180 Å². The molecule has 21 aromatic rings. The van der Waals surface area contributed by atoms with Crippen molar-refractivity contribution in [3.8, 4) is 50.4 Å². The predicted octanol–water partition coefficient (Wildman–Crippen LogP) is 30.4. The minimum atomic E-state index is -0.0983. The Morgan fingerprint density at radius 2 is 0.527 bits per heavy atom. The van der Waals surface area contributed by atoms with Crippen LogP contribution in [-0.2, 0) is 17.3 Å². The van der Waals surface area contributed by atoms with Gasteiger partial charge >= 0.3 is 0 Å². The molecule has 0 unspecified atom stereocenters. The van der Waals surface area contributed by atoms with E-state index >= 15 is 0 Å². The quantitative estimate of drug-likeness (QED) is 0.153. The first kappa shape index (κ1) is 67.5. The van der Waals surface area contributed by atoms with E-state index in [-0.39, 0.29) is 10.8 Å². The molecular weight excluding hydrogens is 1420 g/mol. The van der Waals surface area contributed by atoms with E-state index in [0.717, 1.165) is 22.3 Å². The Morgan fingerprint density at radius 1 is 0.232 bits per heavy atom. The first-order valence-electron chi connectivity index (χ1n) is 39.9. The van der Waals surface area contributed by atoms with Crippen molar-refractivity contribution in [2.45, 2.75) is 78.1 Å². The second-order valence-corrected chi connectivity index (χ2v) is 33.0. The maximum atomic E-state index is 3.50. The molecule has 0 saturated carbocycles. The second kappa shape index (κ2) is 26.3. The van der Waals surface area contributed by atoms with Crippen LogP contribution in [-0.4, -0.2) is 13.7 Å². The first-order valence-corrected chi connectivity index (χ1v) is 40.7. The SMILES string of the molecule is Brc1ccc(-n2c3ccccc3c3ccccc32)cc1.CC1(C)c2ccccc2-c2cc3c(cc21)Cc1cc2c4ccccc4c4ccccc4c2cc1-3.CC1(C)c2ccccc2-c2cc3c4cc5c6ccccc6c6ccccc6c5cc4n(-c4ccc(-n5c6ccccc6c6ccccc65)cc4)c3cc21.CCCCC. The summed E-state index contributed by atoms with van der Waals surface area (Å²) in [6, 6.07) is 126. The highest BCUT2D eigenvalue weighted by molar-refractivity contribution is 9.10. The molecule has 3 heterocycles. The van der Waals surface area contributed by atoms with E-state index in [1.807, 2.05) is 0 Å². The van der Waals surface area contributed by atoms with Gasteiger partial charge in [0.05, 0.1) is 33.1 Å². The molecule has 3 aromatic heterocycles. The first-order chi connectivity index (χ1) is 54.9. The molecule has 0 saturated heterocycles. The summed E-state index contributed by atoms with van der Waals surface area (Å²) in [6.45, 7) is 13.9. The lowest BCUT2D eigenvalue weighted by Gasteiger charge is -2.22. The lowest BCUT2D eigenvalue weighted by atomic mass is 9.81. The molecule has 24 rings (SSSR count). The van der Waals surface area contributed by atoms with Crippen LogP contribution in [0, 0.1) is 0 Å². The number of unbranched alkanes of at least 4 members (excludes halogenated alkanes) is 2. The number of benzene rings is 18. The van der Waals surface area contributed by atoms with Crippen molar-refractivity contribution < 1.29 is 0 Å². The Morgan fingerprint density at radius 3 is 0.955 bits per heavy atom. The number of rotatable bonds is 5. The van der Waals surface area contributed by atoms with Crippen molar-refractivity contribution in [2.24, 2.45) is 0 Å². The summed E-state index contributed by atoms with van der Waals surface area (Å²) in [5.41, 5.74) is 27.8. The highest BCUT2D eigenvalue weighted by Crippen LogP contribution is 2.55. The number of para-hydroxylation sites is 4. The molecular formula is C108H82BrN3. The fourth-order valence-corrected chi connectivity index (χ4v) is 20.0. The number of nitrogens with zero attached hydrogens (tertiary/aromatic N) is 3. The van der Waals surface area contributed by atoms with E-state index in [4.69, 9.17) is 0 Å². The largest absolute Gasteiger partial charge is 0.309 e. The summed E-state index contributed by atoms with van der Waals surface area (Å²) in [7, 11) is 0. The van der Waals surface area contributed by atoms with Crippen molar-refractivity contribution in [2.75, 3.05) is 0 Å². The van der Waals surface area contributed by atoms with E-state index in [1.165, 1.54) is 222 Å². The minimum absolute atomic E-state index is 0.0485. The van der Waals surface area contributed by atoms with Crippen LogP contribution in [0.4, 0.5) is 0 Å². The molecule has 3 nitrogen and oxygen atoms in total. The van der Waals surface area contributed by atoms with Crippen LogP contribution in [0.15, 0.2) is 344 Å². The van der Waals surface area contributed by atoms with Gasteiger partial charge in [-0.25, -0.2) is 0 Å². The van der Waals surface area contributed by atoms with Crippen molar-refractivity contribution in [1.82, 2.24) is 13.7 Å². The van der Waals surface area contributed by atoms with E-state index < -0.39 is 0 Å². The summed E-state index contributed by atoms with van der Waals surface area (Å²) >= 11 is 3.50. The van der Waals surface area contributed by atoms with Gasteiger partial charge in [-0.1, -0.05) is 301 Å². The molecule has 3 aliphatic rings. The molecule has 0 radical (unpaired) electrons. The van der Waals surface area contributed by atoms with E-state index in [1.54, 1.807) is 0 Å². The number of halogens is 1. The maximum absolute atomic E-state index is 3.50. The Balaban J connectivity index is 0.000000114. The smallest absolute Gasteiger partial charge is 0.0547 e. The monoisotopic (exact) mass is 1500 g/mol. The minimum Gasteiger partial charge on any atom is -0.309 e. The van der Waals surface area contributed by atoms with Gasteiger partial charge in [-0.05, 0) is 253 Å². The van der Waals surface area contributed by atoms with Crippen LogP contribution in [0.5, 0.6) is 0 Å². The fourth-order valence-electron chi connectivity index (χ4n) is 19.8. The zero-order valence-electron chi connectivity index (χ0n) is 63.9. The summed E-state index contributed by atoms with van der Waals surface area (Å²) in [5.74, 6) is 0. The van der Waals surface area contributed by atoms with Gasteiger partial charge in [0.15, 0.2) is 0 Å². The fraction of sp³-hybridized carbons (Fsp3) is 0.111. The summed E-state index contributed by atoms with van der Waals surface area (Å²) in [5, 5.41) is 23.6. The second-order valence-electron chi connectivity index (χ2n) is 32.1. The van der Waals surface area contributed by atoms with Gasteiger partial charge in [0.1, 0.15) is 0 Å². The van der Waals surface area contributed by atoms with Gasteiger partial charge in [-0.3, -0.25) is 0 Å². The topological polar surface area (TPSA) is 14.8 Å². The predicted molar refractivity (Wildman–Crippen MR) is 484 cm³/mol. The molecule has 0 amide bonds. The van der Waals surface area contributed by atoms with Gasteiger partial charge < -0.3 is 13.7 Å². The van der Waals surface area contributed by atoms with Crippen molar-refractivity contribution >= 4 is 146 Å². The van der Waals surface area contributed by atoms with E-state index in [0.29, 0.717) is 0 Å². The van der Waals surface area contributed by atoms with Crippen LogP contribution >= 0.6 is 15.9 Å². The summed E-state index contributed by atoms with van der Waals surface area (Å²) in [4.78, 5) is 0. The van der Waals surface area contributed by atoms with Crippen molar-refractivity contribution in [1.29, 1.82) is 0 Å². The lowest BCUT2D eigenvalue weighted by Crippen LogP contribution is -2.15. The van der Waals surface area contributed by atoms with Crippen LogP contribution < -0.4 is 0 Å². The molecule has 0 aliphatic heterocycles. The van der Waals surface area contributed by atoms with Gasteiger partial charge in [-0.2, -0.15) is 0 Å². The number of aromatic nitrogens is 3. The van der Waals surface area contributed by atoms with Gasteiger partial charge in [0.25, 0.3) is 0 Å². The Hall–Kier alpha value is -12.6. The molecule has 0 spiro atoms. The molecule has 0 fully saturated rings. The molecule has 3 aliphatic carbocycles. The van der Waals surface area contributed by atoms with Crippen LogP contribution in [0.2, 0.25) is 0 Å². The van der Waals surface area contributed by atoms with Crippen molar-refractivity contribution in [3.63, 3.8) is 0 Å². The molecule has 112 heavy (non-hydrogen) atoms. The average Bonchev–Trinajstić information content (AvgIpc) is 1.51. The highest BCUT2D eigenvalue weighted by atomic mass is 79.9. The average molecular weight is 1500 g/mol. The van der Waals surface area contributed by atoms with Gasteiger partial charge in [-0.15, -0.1) is 0 Å². The molecule has 536 valence electrons. The third-order valence-corrected chi connectivity index (χ3v) is 25.6. The Bertz CT molecular complexity index is 7350. The van der Waals surface area contributed by atoms with Crippen molar-refractivity contribution in [3.05, 3.63) is 378 Å². The van der Waals surface area contributed by atoms with Gasteiger partial charge in [0.2, 0.25) is 0 Å². The van der Waals surface area contributed by atoms with Crippen LogP contribution in [0.3, 0.4) is 0 Å². The molecule has 4 heteroatoms. The Labute approximate surface area is 661 Å². The molecule has 0 atom stereocenters.